The van der Waals surface area contributed by atoms with Crippen molar-refractivity contribution < 1.29 is 103 Å². The Hall–Kier alpha value is -16.1. The molecule has 2 heterocycles. The molecule has 0 fully saturated rings. The number of aliphatic hydroxyl groups excluding tert-OH is 2. The van der Waals surface area contributed by atoms with Crippen LogP contribution in [0.4, 0.5) is 70.1 Å². The molecule has 2 unspecified atom stereocenters. The fourth-order valence-corrected chi connectivity index (χ4v) is 13.5. The fraction of sp³-hybridized carbons (Fsp3) is 0.152. The van der Waals surface area contributed by atoms with Gasteiger partial charge in [0.1, 0.15) is 58.7 Å². The van der Waals surface area contributed by atoms with Crippen molar-refractivity contribution in [2.45, 2.75) is 111 Å². The van der Waals surface area contributed by atoms with Gasteiger partial charge in [0.25, 0.3) is 5.91 Å². The normalized spacial score (nSPS) is 10.7. The summed E-state index contributed by atoms with van der Waals surface area (Å²) in [5.41, 5.74) is 27.7. The number of nitrogens with zero attached hydrogens (tertiary/aromatic N) is 6. The van der Waals surface area contributed by atoms with E-state index in [2.05, 4.69) is 32.2 Å². The first-order valence-corrected chi connectivity index (χ1v) is 44.7. The van der Waals surface area contributed by atoms with Crippen molar-refractivity contribution in [1.82, 2.24) is 30.2 Å². The average molecular weight is 2100 g/mol. The minimum absolute atomic E-state index is 0. The SMILES string of the molecule is Cc1cc(C(=O)Nc2cc(Cc3ccccc3)ccc2F)n(-c2cccc(CNC(=O)OC(C)(C)C)c2)n1.Cc1cc(C(=O)O)n(-c2cccc(CNC(=O)OC(C)(C)C)c2)n1.Cl.Nc1cc(C(O)c2ccccc2)ccc1F.Nc1cc(Cc2ccccc2)ccc1F.Nc1cc(Cc2ccccc2)ccc1F.O=Cc1ccc(F)c([N+](=O)[O-])c1.O=[N+]([O-])c1cc(C(O)c2ccccc2)ccc1F.[Br-].[HH].[Mg+2].[c-]1ccccc1. The number of aliphatic hydroxyl groups is 2. The summed E-state index contributed by atoms with van der Waals surface area (Å²) in [6.07, 6.45) is -0.202. The smallest absolute Gasteiger partial charge is 1.00 e. The van der Waals surface area contributed by atoms with E-state index in [-0.39, 0.29) is 124 Å². The summed E-state index contributed by atoms with van der Waals surface area (Å²) in [6.45, 7) is 14.8. The van der Waals surface area contributed by atoms with Crippen molar-refractivity contribution in [3.05, 3.63) is 508 Å². The van der Waals surface area contributed by atoms with Crippen molar-refractivity contribution in [3.63, 3.8) is 0 Å². The van der Waals surface area contributed by atoms with Crippen molar-refractivity contribution >= 4 is 99.9 Å². The van der Waals surface area contributed by atoms with E-state index in [9.17, 15) is 85.9 Å². The number of carboxylic acids is 1. The molecule has 147 heavy (non-hydrogen) atoms. The molecule has 2 atom stereocenters. The number of nitrogens with two attached hydrogens (primary N) is 3. The number of aldehydes is 1. The molecule has 3 amide bonds. The first-order chi connectivity index (χ1) is 68.7. The number of benzene rings is 14. The van der Waals surface area contributed by atoms with E-state index in [0.717, 1.165) is 76.1 Å². The predicted molar refractivity (Wildman–Crippen MR) is 557 cm³/mol. The van der Waals surface area contributed by atoms with Crippen LogP contribution in [0.1, 0.15) is 165 Å². The Balaban J connectivity index is 0.000000309. The number of aromatic nitrogens is 4. The molecule has 0 radical (unpaired) electrons. The third-order valence-corrected chi connectivity index (χ3v) is 20.2. The maximum absolute atomic E-state index is 14.6. The summed E-state index contributed by atoms with van der Waals surface area (Å²) in [4.78, 5) is 77.5. The Labute approximate surface area is 880 Å². The Morgan fingerprint density at radius 2 is 0.762 bits per heavy atom. The number of carboxylic acid groups (broad SMARTS) is 1. The van der Waals surface area contributed by atoms with E-state index in [1.54, 1.807) is 152 Å². The Morgan fingerprint density at radius 1 is 0.422 bits per heavy atom. The second kappa shape index (κ2) is 59.2. The maximum atomic E-state index is 14.6. The number of carbonyl (C=O) groups excluding carboxylic acids is 4. The Morgan fingerprint density at radius 3 is 1.13 bits per heavy atom. The molecule has 0 aliphatic carbocycles. The van der Waals surface area contributed by atoms with Crippen molar-refractivity contribution in [1.29, 1.82) is 0 Å². The molecule has 0 saturated heterocycles. The number of rotatable bonds is 22. The summed E-state index contributed by atoms with van der Waals surface area (Å²) in [5.74, 6) is -5.09. The van der Waals surface area contributed by atoms with Gasteiger partial charge in [-0.2, -0.15) is 55.4 Å². The fourth-order valence-electron chi connectivity index (χ4n) is 13.5. The Kier molecular flexibility index (Phi) is 48.2. The van der Waals surface area contributed by atoms with E-state index in [1.165, 1.54) is 75.1 Å². The number of nitrogens with one attached hydrogen (secondary N) is 3. The molecule has 0 spiro atoms. The summed E-state index contributed by atoms with van der Waals surface area (Å²) in [6, 6.07) is 103. The van der Waals surface area contributed by atoms with Crippen LogP contribution in [-0.4, -0.2) is 109 Å². The molecule has 16 rings (SSSR count). The molecule has 760 valence electrons. The zero-order valence-corrected chi connectivity index (χ0v) is 85.1. The topological polar surface area (TPSA) is 401 Å². The summed E-state index contributed by atoms with van der Waals surface area (Å²) < 4.78 is 92.5. The molecule has 0 bridgehead atoms. The van der Waals surface area contributed by atoms with Gasteiger partial charge in [-0.1, -0.05) is 206 Å². The molecule has 12 N–H and O–H groups in total. The number of nitrogen functional groups attached to an aromatic ring is 3. The minimum Gasteiger partial charge on any atom is -1.00 e. The van der Waals surface area contributed by atoms with Gasteiger partial charge in [-0.25, -0.2) is 41.3 Å². The number of nitro benzene ring substituents is 2. The number of hydrogen-bond acceptors (Lipinski definition) is 18. The van der Waals surface area contributed by atoms with Crippen LogP contribution >= 0.6 is 12.4 Å². The van der Waals surface area contributed by atoms with Crippen molar-refractivity contribution in [3.8, 4) is 11.4 Å². The number of nitro groups is 2. The number of anilines is 4. The van der Waals surface area contributed by atoms with Gasteiger partial charge >= 0.3 is 52.6 Å². The third-order valence-electron chi connectivity index (χ3n) is 20.2. The first-order valence-electron chi connectivity index (χ1n) is 44.7. The zero-order valence-electron chi connectivity index (χ0n) is 81.3. The van der Waals surface area contributed by atoms with Gasteiger partial charge in [0.05, 0.1) is 55.4 Å². The largest absolute Gasteiger partial charge is 2.00 e. The monoisotopic (exact) mass is 2100 g/mol. The molecule has 26 nitrogen and oxygen atoms in total. The standard InChI is InChI=1S/C30H31FN4O3.C17H21N3O4.C13H10FNO3.C13H12FNO.2C13H12FN.C7H4FNO3.C6H5.BrH.ClH.Mg.H2/c1-20-15-27(28(36)33-26-18-22(13-14-25(26)31)16-21-9-6-5-7-10-21)35(34-20)24-12-8-11-23(17-24)19-32-29(37)38-30(2,3)4;1-11-8-14(15(21)22)20(19-11)13-7-5-6-12(9-13)10-18-16(23)24-17(2,3)4;14-11-7-6-10(8-12(11)15(17)18)13(16)9-4-2-1-3-5-9;14-11-7-6-10(8-12(11)15)13(16)9-4-2-1-3-5-9;2*14-12-7-6-11(9-13(12)15)8-10-4-2-1-3-5-10;8-6-2-1-5(4-10)3-7(6)9(11)12;1-2-4-6-5-3-1;;;;/h5-15,17-18H,16,19H2,1-4H3,(H,32,37)(H,33,36);5-9H,10H2,1-4H3,(H,18,23)(H,21,22);1-8,13,16H;1-8,13,16H,15H2;2*1-7,9H,8,15H2;1-4H;1-5H;2*1H;;1H/q;;;;;;;-1;;;+2;/p-1. The van der Waals surface area contributed by atoms with Crippen LogP contribution in [0.15, 0.2) is 352 Å². The summed E-state index contributed by atoms with van der Waals surface area (Å²) >= 11 is 0. The van der Waals surface area contributed by atoms with E-state index in [0.29, 0.717) is 46.6 Å². The number of alkyl carbamates (subject to hydrolysis) is 2. The Bertz CT molecular complexity index is 6860. The minimum atomic E-state index is -1.05. The number of aromatic carboxylic acids is 1. The van der Waals surface area contributed by atoms with Crippen LogP contribution in [0, 0.1) is 75.0 Å². The molecule has 0 saturated carbocycles. The number of ether oxygens (including phenoxy) is 2. The number of amides is 3. The van der Waals surface area contributed by atoms with E-state index >= 15 is 0 Å². The molecule has 0 aliphatic heterocycles. The molecule has 0 aliphatic rings. The number of halogens is 8. The van der Waals surface area contributed by atoms with E-state index in [4.69, 9.17) is 26.7 Å². The molecule has 35 heteroatoms. The quantitative estimate of drug-likeness (QED) is 0.00579. The molecular formula is C112H110BrClF6MgN12O14. The second-order valence-electron chi connectivity index (χ2n) is 34.0. The van der Waals surface area contributed by atoms with Gasteiger partial charge in [0.15, 0.2) is 5.69 Å². The third kappa shape index (κ3) is 40.2. The van der Waals surface area contributed by atoms with Crippen LogP contribution in [0.5, 0.6) is 0 Å². The van der Waals surface area contributed by atoms with E-state index in [1.807, 2.05) is 176 Å². The van der Waals surface area contributed by atoms with Gasteiger partial charge in [-0.3, -0.25) is 29.8 Å². The zero-order chi connectivity index (χ0) is 105. The second-order valence-corrected chi connectivity index (χ2v) is 34.0. The summed E-state index contributed by atoms with van der Waals surface area (Å²) in [7, 11) is 0. The number of hydrogen-bond donors (Lipinski definition) is 9. The van der Waals surface area contributed by atoms with Crippen LogP contribution in [0.25, 0.3) is 11.4 Å². The van der Waals surface area contributed by atoms with Gasteiger partial charge in [0.2, 0.25) is 11.6 Å². The first kappa shape index (κ1) is 120. The molecule has 14 aromatic carbocycles. The van der Waals surface area contributed by atoms with Gasteiger partial charge in [-0.15, -0.1) is 12.4 Å². The van der Waals surface area contributed by atoms with Crippen LogP contribution < -0.4 is 50.1 Å². The number of aryl methyl sites for hydroxylation is 2. The number of carbonyl (C=O) groups is 5. The molecular weight excluding hydrogens is 1990 g/mol. The van der Waals surface area contributed by atoms with Gasteiger partial charge < -0.3 is 74.9 Å². The predicted octanol–water partition coefficient (Wildman–Crippen LogP) is 20.7. The average Bonchev–Trinajstić information content (AvgIpc) is 1.68. The van der Waals surface area contributed by atoms with Gasteiger partial charge in [-0.05, 0) is 245 Å². The maximum Gasteiger partial charge on any atom is 2.00 e. The molecule has 16 aromatic rings. The van der Waals surface area contributed by atoms with Gasteiger partial charge in [0, 0.05) is 32.2 Å². The van der Waals surface area contributed by atoms with Crippen LogP contribution in [0.2, 0.25) is 0 Å². The van der Waals surface area contributed by atoms with Crippen LogP contribution in [0.3, 0.4) is 0 Å². The van der Waals surface area contributed by atoms with Crippen molar-refractivity contribution in [2.24, 2.45) is 0 Å². The summed E-state index contributed by atoms with van der Waals surface area (Å²) in [5, 5.41) is 66.9. The van der Waals surface area contributed by atoms with E-state index < -0.39 is 92.0 Å². The van der Waals surface area contributed by atoms with Crippen LogP contribution in [-0.2, 0) is 41.8 Å². The van der Waals surface area contributed by atoms with Crippen molar-refractivity contribution in [2.75, 3.05) is 22.5 Å². The molecule has 2 aromatic heterocycles.